The summed E-state index contributed by atoms with van der Waals surface area (Å²) >= 11 is 0. The molecular formula is C48H78NO7+. The predicted octanol–water partition coefficient (Wildman–Crippen LogP) is 11.5. The fraction of sp³-hybridized carbons (Fsp3) is 0.604. The van der Waals surface area contributed by atoms with E-state index >= 15 is 0 Å². The van der Waals surface area contributed by atoms with Gasteiger partial charge in [-0.25, -0.2) is 4.79 Å². The zero-order valence-electron chi connectivity index (χ0n) is 35.8. The van der Waals surface area contributed by atoms with Gasteiger partial charge in [-0.2, -0.15) is 0 Å². The third-order valence-electron chi connectivity index (χ3n) is 8.81. The lowest BCUT2D eigenvalue weighted by atomic mass is 10.1. The fourth-order valence-corrected chi connectivity index (χ4v) is 5.50. The Balaban J connectivity index is 4.53. The van der Waals surface area contributed by atoms with Crippen molar-refractivity contribution in [2.24, 2.45) is 0 Å². The van der Waals surface area contributed by atoms with Crippen molar-refractivity contribution in [2.75, 3.05) is 41.0 Å². The molecule has 0 spiro atoms. The second-order valence-electron chi connectivity index (χ2n) is 15.0. The number of carbonyl (C=O) groups is 3. The molecule has 0 bridgehead atoms. The molecule has 0 fully saturated rings. The second-order valence-corrected chi connectivity index (χ2v) is 15.0. The quantitative estimate of drug-likeness (QED) is 0.0222. The molecule has 316 valence electrons. The number of aliphatic carboxylic acids is 1. The van der Waals surface area contributed by atoms with Crippen LogP contribution in [0.3, 0.4) is 0 Å². The van der Waals surface area contributed by atoms with E-state index in [1.165, 1.54) is 25.7 Å². The molecule has 56 heavy (non-hydrogen) atoms. The van der Waals surface area contributed by atoms with E-state index in [1.807, 2.05) is 51.5 Å². The third kappa shape index (κ3) is 35.9. The number of hydrogen-bond acceptors (Lipinski definition) is 6. The first-order chi connectivity index (χ1) is 27.1. The summed E-state index contributed by atoms with van der Waals surface area (Å²) in [6.45, 7) is 4.45. The second kappa shape index (κ2) is 38.1. The molecule has 2 atom stereocenters. The molecule has 0 aliphatic rings. The van der Waals surface area contributed by atoms with Crippen LogP contribution in [0.1, 0.15) is 136 Å². The van der Waals surface area contributed by atoms with E-state index in [9.17, 15) is 19.5 Å². The van der Waals surface area contributed by atoms with Gasteiger partial charge < -0.3 is 23.8 Å². The topological polar surface area (TPSA) is 99.1 Å². The summed E-state index contributed by atoms with van der Waals surface area (Å²) in [5.41, 5.74) is 0. The van der Waals surface area contributed by atoms with Crippen molar-refractivity contribution in [1.82, 2.24) is 0 Å². The number of allylic oxidation sites excluding steroid dienone is 16. The highest BCUT2D eigenvalue weighted by atomic mass is 16.6. The molecular weight excluding hydrogens is 703 g/mol. The van der Waals surface area contributed by atoms with E-state index in [4.69, 9.17) is 14.2 Å². The first kappa shape index (κ1) is 52.2. The van der Waals surface area contributed by atoms with Crippen molar-refractivity contribution in [3.8, 4) is 0 Å². The normalized spacial score (nSPS) is 13.9. The number of carboxylic acids is 1. The van der Waals surface area contributed by atoms with Gasteiger partial charge in [-0.05, 0) is 70.6 Å². The van der Waals surface area contributed by atoms with Crippen molar-refractivity contribution >= 4 is 17.9 Å². The molecule has 0 aliphatic heterocycles. The molecule has 8 nitrogen and oxygen atoms in total. The lowest BCUT2D eigenvalue weighted by Crippen LogP contribution is -2.50. The minimum absolute atomic E-state index is 0.0274. The summed E-state index contributed by atoms with van der Waals surface area (Å²) in [5, 5.41) is 9.61. The number of hydrogen-bond donors (Lipinski definition) is 1. The van der Waals surface area contributed by atoms with Gasteiger partial charge in [0.1, 0.15) is 6.61 Å². The van der Waals surface area contributed by atoms with E-state index in [-0.39, 0.29) is 49.1 Å². The van der Waals surface area contributed by atoms with E-state index < -0.39 is 18.1 Å². The van der Waals surface area contributed by atoms with Crippen LogP contribution >= 0.6 is 0 Å². The lowest BCUT2D eigenvalue weighted by Gasteiger charge is -2.31. The molecule has 0 radical (unpaired) electrons. The minimum atomic E-state index is -0.892. The van der Waals surface area contributed by atoms with Gasteiger partial charge in [0.15, 0.2) is 12.1 Å². The summed E-state index contributed by atoms with van der Waals surface area (Å²) in [5.74, 6) is -1.59. The summed E-state index contributed by atoms with van der Waals surface area (Å²) in [4.78, 5) is 36.9. The summed E-state index contributed by atoms with van der Waals surface area (Å²) in [6.07, 6.45) is 50.2. The maximum absolute atomic E-state index is 12.7. The molecule has 0 saturated heterocycles. The highest BCUT2D eigenvalue weighted by molar-refractivity contribution is 5.72. The Morgan fingerprint density at radius 3 is 1.70 bits per heavy atom. The molecule has 0 saturated carbocycles. The molecule has 0 amide bonds. The van der Waals surface area contributed by atoms with E-state index in [1.54, 1.807) is 0 Å². The first-order valence-corrected chi connectivity index (χ1v) is 21.3. The molecule has 0 aliphatic carbocycles. The van der Waals surface area contributed by atoms with Crippen molar-refractivity contribution in [1.29, 1.82) is 0 Å². The summed E-state index contributed by atoms with van der Waals surface area (Å²) in [7, 11) is 5.48. The Hall–Kier alpha value is -3.75. The number of quaternary nitrogens is 1. The Bertz CT molecular complexity index is 1230. The van der Waals surface area contributed by atoms with Crippen LogP contribution < -0.4 is 0 Å². The van der Waals surface area contributed by atoms with Crippen molar-refractivity contribution in [3.05, 3.63) is 97.2 Å². The Morgan fingerprint density at radius 2 is 1.09 bits per heavy atom. The third-order valence-corrected chi connectivity index (χ3v) is 8.81. The standard InChI is InChI=1S/C48H77NO7/c1-6-8-10-12-14-16-18-20-22-23-25-26-28-30-32-34-36-38-46(50)55-43-44(42-54-41-40-45(48(52)53)49(3,4)5)56-47(51)39-37-35-33-31-29-27-24-21-19-17-15-13-11-9-7-2/h9,11,13-17,19-22,24-26,30,32,44-45H,6-8,10,12,18,23,27-29,31,33-43H2,1-5H3/p+1/b11-9+,15-13+,16-14+,19-17+,22-20+,24-21+,26-25+,32-30+. The van der Waals surface area contributed by atoms with Crippen molar-refractivity contribution < 1.29 is 38.2 Å². The molecule has 1 N–H and O–H groups in total. The first-order valence-electron chi connectivity index (χ1n) is 21.3. The molecule has 8 heteroatoms. The molecule has 0 aromatic rings. The maximum atomic E-state index is 12.7. The highest BCUT2D eigenvalue weighted by Crippen LogP contribution is 2.12. The smallest absolute Gasteiger partial charge is 0.362 e. The molecule has 0 rings (SSSR count). The SMILES string of the molecule is CC/C=C/C=C/C=C/C=C/CCCCCCCC(=O)OC(COCCC(C(=O)O)[N+](C)(C)C)COC(=O)CCC/C=C/C/C=C/C/C=C/C/C=C/CCCCC. The molecule has 2 unspecified atom stereocenters. The zero-order valence-corrected chi connectivity index (χ0v) is 35.8. The van der Waals surface area contributed by atoms with Gasteiger partial charge in [0.2, 0.25) is 0 Å². The lowest BCUT2D eigenvalue weighted by molar-refractivity contribution is -0.887. The monoisotopic (exact) mass is 781 g/mol. The number of ether oxygens (including phenoxy) is 3. The molecule has 0 aromatic carbocycles. The number of carbonyl (C=O) groups excluding carboxylic acids is 2. The van der Waals surface area contributed by atoms with Crippen LogP contribution in [0.4, 0.5) is 0 Å². The number of carboxylic acid groups (broad SMARTS) is 1. The van der Waals surface area contributed by atoms with Gasteiger partial charge in [-0.15, -0.1) is 0 Å². The van der Waals surface area contributed by atoms with Crippen LogP contribution in [-0.2, 0) is 28.6 Å². The van der Waals surface area contributed by atoms with Crippen molar-refractivity contribution in [3.63, 3.8) is 0 Å². The van der Waals surface area contributed by atoms with Gasteiger partial charge in [0, 0.05) is 19.3 Å². The van der Waals surface area contributed by atoms with Gasteiger partial charge in [0.25, 0.3) is 0 Å². The van der Waals surface area contributed by atoms with Crippen LogP contribution in [0, 0.1) is 0 Å². The van der Waals surface area contributed by atoms with E-state index in [2.05, 4.69) is 80.7 Å². The van der Waals surface area contributed by atoms with Crippen molar-refractivity contribution in [2.45, 2.75) is 148 Å². The zero-order chi connectivity index (χ0) is 41.4. The fourth-order valence-electron chi connectivity index (χ4n) is 5.50. The largest absolute Gasteiger partial charge is 0.477 e. The van der Waals surface area contributed by atoms with Gasteiger partial charge in [-0.3, -0.25) is 9.59 Å². The molecule has 0 heterocycles. The van der Waals surface area contributed by atoms with E-state index in [0.29, 0.717) is 12.8 Å². The summed E-state index contributed by atoms with van der Waals surface area (Å²) in [6, 6.07) is -0.633. The number of rotatable bonds is 36. The summed E-state index contributed by atoms with van der Waals surface area (Å²) < 4.78 is 17.2. The van der Waals surface area contributed by atoms with Gasteiger partial charge >= 0.3 is 17.9 Å². The van der Waals surface area contributed by atoms with Crippen LogP contribution in [0.2, 0.25) is 0 Å². The Morgan fingerprint density at radius 1 is 0.571 bits per heavy atom. The minimum Gasteiger partial charge on any atom is -0.477 e. The highest BCUT2D eigenvalue weighted by Gasteiger charge is 2.31. The average molecular weight is 781 g/mol. The number of nitrogens with zero attached hydrogens (tertiary/aromatic N) is 1. The van der Waals surface area contributed by atoms with Gasteiger partial charge in [-0.1, -0.05) is 143 Å². The predicted molar refractivity (Wildman–Crippen MR) is 233 cm³/mol. The number of esters is 2. The average Bonchev–Trinajstić information content (AvgIpc) is 3.15. The van der Waals surface area contributed by atoms with Crippen LogP contribution in [0.25, 0.3) is 0 Å². The number of unbranched alkanes of at least 4 members (excludes halogenated alkanes) is 9. The number of likely N-dealkylation sites (N-methyl/N-ethyl adjacent to an activating group) is 1. The Kier molecular flexibility index (Phi) is 35.6. The van der Waals surface area contributed by atoms with Gasteiger partial charge in [0.05, 0.1) is 34.4 Å². The van der Waals surface area contributed by atoms with Crippen LogP contribution in [0.5, 0.6) is 0 Å². The maximum Gasteiger partial charge on any atom is 0.362 e. The van der Waals surface area contributed by atoms with E-state index in [0.717, 1.165) is 70.6 Å². The Labute approximate surface area is 341 Å². The molecule has 0 aromatic heterocycles. The van der Waals surface area contributed by atoms with Crippen LogP contribution in [0.15, 0.2) is 97.2 Å². The van der Waals surface area contributed by atoms with Crippen LogP contribution in [-0.4, -0.2) is 80.6 Å².